The summed E-state index contributed by atoms with van der Waals surface area (Å²) in [4.78, 5) is 63.8. The Hall–Kier alpha value is -3.87. The van der Waals surface area contributed by atoms with Gasteiger partial charge in [0.05, 0.1) is 39.6 Å². The maximum Gasteiger partial charge on any atom is 0.407 e. The fraction of sp³-hybridized carbons (Fsp3) is 0.553. The molecule has 0 unspecified atom stereocenters. The van der Waals surface area contributed by atoms with E-state index in [0.29, 0.717) is 76.4 Å². The molecule has 2 aromatic rings. The number of alkyl carbamates (subject to hydrolysis) is 2. The van der Waals surface area contributed by atoms with Crippen molar-refractivity contribution >= 4 is 51.6 Å². The van der Waals surface area contributed by atoms with Crippen molar-refractivity contribution in [3.8, 4) is 11.1 Å². The highest BCUT2D eigenvalue weighted by Crippen LogP contribution is 2.44. The van der Waals surface area contributed by atoms with Gasteiger partial charge in [-0.3, -0.25) is 14.4 Å². The van der Waals surface area contributed by atoms with Gasteiger partial charge in [0, 0.05) is 43.2 Å². The summed E-state index contributed by atoms with van der Waals surface area (Å²) in [5, 5.41) is 6.00. The number of nitrogens with one attached hydrogen (secondary N) is 2. The second-order valence-corrected chi connectivity index (χ2v) is 16.0. The normalized spacial score (nSPS) is 13.7. The van der Waals surface area contributed by atoms with Gasteiger partial charge in [0.15, 0.2) is 6.61 Å². The number of nitrogens with zero attached hydrogens (tertiary/aromatic N) is 1. The molecule has 0 bridgehead atoms. The van der Waals surface area contributed by atoms with E-state index in [2.05, 4.69) is 48.7 Å². The molecule has 2 aromatic carbocycles. The minimum absolute atomic E-state index is 0.00888. The number of carbonyl (C=O) groups is 5. The lowest BCUT2D eigenvalue weighted by Gasteiger charge is -2.22. The maximum absolute atomic E-state index is 12.3. The summed E-state index contributed by atoms with van der Waals surface area (Å²) in [7, 11) is 3.21. The fourth-order valence-electron chi connectivity index (χ4n) is 5.53. The average Bonchev–Trinajstić information content (AvgIpc) is 3.67. The summed E-state index contributed by atoms with van der Waals surface area (Å²) < 4.78 is 32.3. The number of rotatable bonds is 26. The van der Waals surface area contributed by atoms with Crippen LogP contribution in [0.1, 0.15) is 63.0 Å². The molecule has 1 heterocycles. The largest absolute Gasteiger partial charge is 0.464 e. The number of ether oxygens (including phenoxy) is 6. The van der Waals surface area contributed by atoms with Crippen LogP contribution < -0.4 is 10.6 Å². The first-order valence-electron chi connectivity index (χ1n) is 18.3. The zero-order chi connectivity index (χ0) is 39.3. The fourth-order valence-corrected chi connectivity index (χ4v) is 7.81. The third-order valence-corrected chi connectivity index (χ3v) is 11.4. The maximum atomic E-state index is 12.3. The number of imide groups is 1. The van der Waals surface area contributed by atoms with Crippen molar-refractivity contribution in [2.45, 2.75) is 56.6 Å². The molecule has 55 heavy (non-hydrogen) atoms. The minimum Gasteiger partial charge on any atom is -0.464 e. The lowest BCUT2D eigenvalue weighted by Crippen LogP contribution is -2.32. The monoisotopic (exact) mass is 805 g/mol. The van der Waals surface area contributed by atoms with Gasteiger partial charge in [0.1, 0.15) is 12.5 Å². The van der Waals surface area contributed by atoms with Crippen molar-refractivity contribution in [2.24, 2.45) is 0 Å². The van der Waals surface area contributed by atoms with Crippen LogP contribution in [0.2, 0.25) is 0 Å². The predicted octanol–water partition coefficient (Wildman–Crippen LogP) is 5.21. The van der Waals surface area contributed by atoms with Crippen LogP contribution in [0.5, 0.6) is 0 Å². The van der Waals surface area contributed by atoms with E-state index in [0.717, 1.165) is 11.1 Å². The molecule has 4 rings (SSSR count). The molecular formula is C38H51N3O12S2. The first-order chi connectivity index (χ1) is 26.6. The molecule has 2 aliphatic rings. The van der Waals surface area contributed by atoms with Crippen molar-refractivity contribution in [2.75, 3.05) is 78.5 Å². The molecule has 17 heteroatoms. The van der Waals surface area contributed by atoms with Crippen molar-refractivity contribution in [3.05, 3.63) is 59.7 Å². The van der Waals surface area contributed by atoms with Gasteiger partial charge in [-0.2, -0.15) is 5.06 Å². The Kier molecular flexibility index (Phi) is 19.1. The third-order valence-electron chi connectivity index (χ3n) is 8.36. The first-order valence-corrected chi connectivity index (χ1v) is 20.6. The van der Waals surface area contributed by atoms with Crippen LogP contribution in [0.3, 0.4) is 0 Å². The number of hydrogen-bond acceptors (Lipinski definition) is 14. The third kappa shape index (κ3) is 15.7. The molecule has 0 saturated carbocycles. The van der Waals surface area contributed by atoms with Gasteiger partial charge in [-0.05, 0) is 55.4 Å². The van der Waals surface area contributed by atoms with Crippen molar-refractivity contribution in [1.82, 2.24) is 15.7 Å². The van der Waals surface area contributed by atoms with Crippen LogP contribution in [0, 0.1) is 0 Å². The number of benzene rings is 2. The summed E-state index contributed by atoms with van der Waals surface area (Å²) in [6.07, 6.45) is 1.13. The Morgan fingerprint density at radius 3 is 1.95 bits per heavy atom. The van der Waals surface area contributed by atoms with Gasteiger partial charge < -0.3 is 39.1 Å². The van der Waals surface area contributed by atoms with Crippen molar-refractivity contribution < 1.29 is 57.2 Å². The summed E-state index contributed by atoms with van der Waals surface area (Å²) in [6.45, 7) is 6.76. The van der Waals surface area contributed by atoms with Crippen LogP contribution in [-0.4, -0.2) is 118 Å². The Labute approximate surface area is 329 Å². The number of carbonyl (C=O) groups excluding carboxylic acids is 5. The molecule has 1 aliphatic heterocycles. The van der Waals surface area contributed by atoms with E-state index in [1.165, 1.54) is 11.1 Å². The summed E-state index contributed by atoms with van der Waals surface area (Å²) in [5.74, 6) is -1.07. The lowest BCUT2D eigenvalue weighted by molar-refractivity contribution is -0.193. The van der Waals surface area contributed by atoms with E-state index >= 15 is 0 Å². The zero-order valence-electron chi connectivity index (χ0n) is 31.4. The quantitative estimate of drug-likeness (QED) is 0.0316. The van der Waals surface area contributed by atoms with E-state index in [4.69, 9.17) is 33.3 Å². The standard InChI is InChI=1S/C38H51N3O12S2/c1-38(2,55-54-27-49-18-7-8-19-50-35(44)26-53-41-33(42)13-14-34(41)43)15-20-51-36(45)39-16-21-47-23-24-48-22-17-40-37(46)52-25-32-30-11-5-3-9-28(30)29-10-4-6-12-31(29)32/h3-6,9-12,32H,7-8,13-27H2,1-2H3,(H,39,45)(H,40,46). The number of amides is 4. The van der Waals surface area contributed by atoms with Crippen LogP contribution in [-0.2, 0) is 47.6 Å². The number of hydroxylamine groups is 2. The van der Waals surface area contributed by atoms with Crippen molar-refractivity contribution in [1.29, 1.82) is 0 Å². The second kappa shape index (κ2) is 23.9. The Balaban J connectivity index is 0.884. The SMILES string of the molecule is CC(C)(CCOC(=O)NCCOCCOCCNC(=O)OCC1c2ccccc2-c2ccccc21)SSCOCCCCOC(=O)CON1C(=O)CCC1=O. The summed E-state index contributed by atoms with van der Waals surface area (Å²) >= 11 is 0. The van der Waals surface area contributed by atoms with Gasteiger partial charge in [-0.1, -0.05) is 70.1 Å². The van der Waals surface area contributed by atoms with Crippen LogP contribution >= 0.6 is 21.6 Å². The van der Waals surface area contributed by atoms with Gasteiger partial charge in [-0.15, -0.1) is 0 Å². The predicted molar refractivity (Wildman–Crippen MR) is 206 cm³/mol. The Morgan fingerprint density at radius 1 is 0.727 bits per heavy atom. The molecule has 0 aromatic heterocycles. The molecule has 1 saturated heterocycles. The summed E-state index contributed by atoms with van der Waals surface area (Å²) in [5.41, 5.74) is 4.69. The van der Waals surface area contributed by atoms with E-state index < -0.39 is 36.6 Å². The van der Waals surface area contributed by atoms with Gasteiger partial charge in [0.25, 0.3) is 11.8 Å². The minimum atomic E-state index is -0.645. The van der Waals surface area contributed by atoms with E-state index in [1.807, 2.05) is 24.3 Å². The molecular weight excluding hydrogens is 755 g/mol. The number of fused-ring (bicyclic) bond motifs is 3. The summed E-state index contributed by atoms with van der Waals surface area (Å²) in [6, 6.07) is 16.4. The highest BCUT2D eigenvalue weighted by Gasteiger charge is 2.31. The first kappa shape index (κ1) is 43.9. The van der Waals surface area contributed by atoms with Crippen LogP contribution in [0.4, 0.5) is 9.59 Å². The smallest absolute Gasteiger partial charge is 0.407 e. The van der Waals surface area contributed by atoms with Gasteiger partial charge in [0.2, 0.25) is 0 Å². The number of hydrogen-bond donors (Lipinski definition) is 2. The van der Waals surface area contributed by atoms with Gasteiger partial charge >= 0.3 is 18.2 Å². The highest BCUT2D eigenvalue weighted by atomic mass is 33.1. The molecule has 0 spiro atoms. The molecule has 1 fully saturated rings. The molecule has 15 nitrogen and oxygen atoms in total. The Bertz CT molecular complexity index is 1500. The van der Waals surface area contributed by atoms with E-state index in [-0.39, 0.29) is 43.3 Å². The van der Waals surface area contributed by atoms with E-state index in [9.17, 15) is 24.0 Å². The highest BCUT2D eigenvalue weighted by molar-refractivity contribution is 8.77. The Morgan fingerprint density at radius 2 is 1.31 bits per heavy atom. The van der Waals surface area contributed by atoms with Gasteiger partial charge in [-0.25, -0.2) is 14.4 Å². The van der Waals surface area contributed by atoms with Crippen LogP contribution in [0.25, 0.3) is 11.1 Å². The molecule has 0 radical (unpaired) electrons. The molecule has 2 N–H and O–H groups in total. The van der Waals surface area contributed by atoms with E-state index in [1.54, 1.807) is 21.6 Å². The van der Waals surface area contributed by atoms with Crippen LogP contribution in [0.15, 0.2) is 48.5 Å². The lowest BCUT2D eigenvalue weighted by atomic mass is 9.98. The zero-order valence-corrected chi connectivity index (χ0v) is 33.0. The number of esters is 1. The topological polar surface area (TPSA) is 177 Å². The second-order valence-electron chi connectivity index (χ2n) is 13.1. The molecule has 4 amide bonds. The molecule has 1 aliphatic carbocycles. The molecule has 302 valence electrons. The average molecular weight is 806 g/mol. The van der Waals surface area contributed by atoms with Crippen molar-refractivity contribution in [3.63, 3.8) is 0 Å². The molecule has 0 atom stereocenters. The number of unbranched alkanes of at least 4 members (excludes halogenated alkanes) is 1.